The highest BCUT2D eigenvalue weighted by Gasteiger charge is 2.45. The van der Waals surface area contributed by atoms with E-state index in [1.54, 1.807) is 0 Å². The molecule has 0 aliphatic carbocycles. The Bertz CT molecular complexity index is 1560. The van der Waals surface area contributed by atoms with Gasteiger partial charge in [0, 0.05) is 30.4 Å². The fourth-order valence-electron chi connectivity index (χ4n) is 5.54. The zero-order valence-electron chi connectivity index (χ0n) is 21.7. The molecule has 190 valence electrons. The molecule has 1 atom stereocenters. The number of pyridine rings is 1. The summed E-state index contributed by atoms with van der Waals surface area (Å²) in [5.41, 5.74) is 6.15. The van der Waals surface area contributed by atoms with Gasteiger partial charge in [0.15, 0.2) is 11.3 Å². The number of halogens is 1. The molecule has 6 rings (SSSR count). The Morgan fingerprint density at radius 2 is 1.86 bits per heavy atom. The molecule has 9 heteroatoms. The van der Waals surface area contributed by atoms with Gasteiger partial charge in [0.1, 0.15) is 17.7 Å². The molecule has 0 spiro atoms. The van der Waals surface area contributed by atoms with E-state index in [0.717, 1.165) is 59.3 Å². The molecule has 0 N–H and O–H groups in total. The Balaban J connectivity index is 1.58. The molecule has 2 aliphatic rings. The summed E-state index contributed by atoms with van der Waals surface area (Å²) in [6.45, 7) is 10.1. The van der Waals surface area contributed by atoms with Crippen LogP contribution in [0.1, 0.15) is 71.3 Å². The molecule has 5 heterocycles. The predicted octanol–water partition coefficient (Wildman–Crippen LogP) is 5.25. The van der Waals surface area contributed by atoms with Gasteiger partial charge >= 0.3 is 0 Å². The lowest BCUT2D eigenvalue weighted by atomic mass is 10.0. The lowest BCUT2D eigenvalue weighted by Gasteiger charge is -2.29. The van der Waals surface area contributed by atoms with Crippen molar-refractivity contribution in [3.63, 3.8) is 0 Å². The maximum Gasteiger partial charge on any atom is 0.279 e. The number of carbonyl (C=O) groups excluding carboxylic acids is 1. The number of hydrogen-bond donors (Lipinski definition) is 0. The molecule has 0 saturated heterocycles. The van der Waals surface area contributed by atoms with Crippen LogP contribution in [-0.2, 0) is 0 Å². The lowest BCUT2D eigenvalue weighted by molar-refractivity contribution is 0.0989. The van der Waals surface area contributed by atoms with Gasteiger partial charge in [0.25, 0.3) is 5.91 Å². The zero-order valence-corrected chi connectivity index (χ0v) is 22.5. The van der Waals surface area contributed by atoms with Gasteiger partial charge in [-0.25, -0.2) is 4.98 Å². The summed E-state index contributed by atoms with van der Waals surface area (Å²) in [7, 11) is 2.12. The Kier molecular flexibility index (Phi) is 5.69. The number of anilines is 1. The first kappa shape index (κ1) is 23.9. The predicted molar refractivity (Wildman–Crippen MR) is 145 cm³/mol. The van der Waals surface area contributed by atoms with Crippen LogP contribution in [0.4, 0.5) is 5.69 Å². The second-order valence-corrected chi connectivity index (χ2v) is 10.8. The van der Waals surface area contributed by atoms with Crippen molar-refractivity contribution in [3.8, 4) is 0 Å². The van der Waals surface area contributed by atoms with E-state index in [2.05, 4.69) is 46.6 Å². The van der Waals surface area contributed by atoms with Crippen LogP contribution in [0, 0.1) is 13.8 Å². The third kappa shape index (κ3) is 3.78. The molecule has 0 bridgehead atoms. The van der Waals surface area contributed by atoms with Gasteiger partial charge in [-0.15, -0.1) is 10.2 Å². The molecule has 4 aromatic rings. The van der Waals surface area contributed by atoms with E-state index in [-0.39, 0.29) is 18.0 Å². The van der Waals surface area contributed by atoms with Crippen LogP contribution in [0.3, 0.4) is 0 Å². The highest BCUT2D eigenvalue weighted by atomic mass is 35.5. The fraction of sp³-hybridized carbons (Fsp3) is 0.357. The maximum atomic E-state index is 14.2. The molecule has 0 radical (unpaired) electrons. The van der Waals surface area contributed by atoms with Crippen molar-refractivity contribution in [3.05, 3.63) is 81.8 Å². The first-order valence-electron chi connectivity index (χ1n) is 12.7. The molecule has 0 saturated carbocycles. The lowest BCUT2D eigenvalue weighted by Crippen LogP contribution is -2.31. The second kappa shape index (κ2) is 8.82. The first-order chi connectivity index (χ1) is 17.7. The number of likely N-dealkylation sites (N-methyl/N-ethyl adjacent to an activating group) is 1. The van der Waals surface area contributed by atoms with Crippen molar-refractivity contribution in [2.24, 2.45) is 0 Å². The number of nitrogens with zero attached hydrogens (tertiary/aromatic N) is 7. The molecule has 0 fully saturated rings. The average Bonchev–Trinajstić information content (AvgIpc) is 3.52. The van der Waals surface area contributed by atoms with Crippen LogP contribution in [0.25, 0.3) is 11.2 Å². The van der Waals surface area contributed by atoms with Gasteiger partial charge in [-0.1, -0.05) is 29.8 Å². The van der Waals surface area contributed by atoms with E-state index < -0.39 is 0 Å². The van der Waals surface area contributed by atoms with E-state index in [0.29, 0.717) is 10.7 Å². The molecule has 8 nitrogen and oxygen atoms in total. The van der Waals surface area contributed by atoms with Crippen molar-refractivity contribution < 1.29 is 4.79 Å². The number of imidazole rings is 1. The van der Waals surface area contributed by atoms with Crippen molar-refractivity contribution in [2.45, 2.75) is 46.2 Å². The third-order valence-corrected chi connectivity index (χ3v) is 7.66. The minimum Gasteiger partial charge on any atom is -0.323 e. The van der Waals surface area contributed by atoms with Crippen LogP contribution in [-0.4, -0.2) is 55.1 Å². The molecule has 37 heavy (non-hydrogen) atoms. The highest BCUT2D eigenvalue weighted by molar-refractivity contribution is 6.30. The quantitative estimate of drug-likeness (QED) is 0.371. The van der Waals surface area contributed by atoms with E-state index >= 15 is 0 Å². The summed E-state index contributed by atoms with van der Waals surface area (Å²) in [5.74, 6) is 1.57. The van der Waals surface area contributed by atoms with Gasteiger partial charge in [0.2, 0.25) is 0 Å². The van der Waals surface area contributed by atoms with E-state index in [1.807, 2.05) is 59.7 Å². The van der Waals surface area contributed by atoms with Crippen LogP contribution in [0.2, 0.25) is 5.02 Å². The Labute approximate surface area is 221 Å². The van der Waals surface area contributed by atoms with E-state index in [9.17, 15) is 4.79 Å². The molecule has 1 amide bonds. The SMILES string of the molecule is Cc1cc(N2C(=O)c3nc(C4=CCN(C)CC4)n(C(C)C)c3C2c2ccc(Cl)cc2)cn2c(C)nnc12. The average molecular weight is 516 g/mol. The van der Waals surface area contributed by atoms with Gasteiger partial charge in [-0.3, -0.25) is 14.1 Å². The van der Waals surface area contributed by atoms with Crippen molar-refractivity contribution in [1.82, 2.24) is 29.0 Å². The van der Waals surface area contributed by atoms with Crippen LogP contribution in [0.5, 0.6) is 0 Å². The molecular formula is C28H30ClN7O. The molecule has 1 unspecified atom stereocenters. The van der Waals surface area contributed by atoms with E-state index in [4.69, 9.17) is 16.6 Å². The summed E-state index contributed by atoms with van der Waals surface area (Å²) in [4.78, 5) is 23.4. The normalized spacial score (nSPS) is 18.2. The fourth-order valence-corrected chi connectivity index (χ4v) is 5.67. The number of rotatable bonds is 4. The van der Waals surface area contributed by atoms with Crippen molar-refractivity contribution >= 4 is 34.4 Å². The monoisotopic (exact) mass is 515 g/mol. The Morgan fingerprint density at radius 1 is 1.11 bits per heavy atom. The van der Waals surface area contributed by atoms with Crippen LogP contribution < -0.4 is 4.90 Å². The van der Waals surface area contributed by atoms with Gasteiger partial charge in [-0.2, -0.15) is 0 Å². The summed E-state index contributed by atoms with van der Waals surface area (Å²) >= 11 is 6.26. The molecule has 2 aliphatic heterocycles. The van der Waals surface area contributed by atoms with Gasteiger partial charge in [-0.05, 0) is 76.1 Å². The summed E-state index contributed by atoms with van der Waals surface area (Å²) < 4.78 is 4.21. The standard InChI is InChI=1S/C28H30ClN7O/c1-16(2)35-25-23(30-27(35)20-10-12-33(5)13-11-20)28(37)36(24(25)19-6-8-21(29)9-7-19)22-14-17(3)26-32-31-18(4)34(26)15-22/h6-10,14-16,24H,11-13H2,1-5H3. The smallest absolute Gasteiger partial charge is 0.279 e. The third-order valence-electron chi connectivity index (χ3n) is 7.41. The number of aryl methyl sites for hydroxylation is 2. The van der Waals surface area contributed by atoms with Crippen LogP contribution in [0.15, 0.2) is 42.6 Å². The number of hydrogen-bond acceptors (Lipinski definition) is 5. The second-order valence-electron chi connectivity index (χ2n) is 10.3. The minimum atomic E-state index is -0.344. The highest BCUT2D eigenvalue weighted by Crippen LogP contribution is 2.44. The topological polar surface area (TPSA) is 71.6 Å². The zero-order chi connectivity index (χ0) is 26.0. The summed E-state index contributed by atoms with van der Waals surface area (Å²) in [6, 6.07) is 9.56. The maximum absolute atomic E-state index is 14.2. The first-order valence-corrected chi connectivity index (χ1v) is 13.0. The van der Waals surface area contributed by atoms with Crippen LogP contribution >= 0.6 is 11.6 Å². The number of carbonyl (C=O) groups is 1. The largest absolute Gasteiger partial charge is 0.323 e. The number of benzene rings is 1. The molecule has 3 aromatic heterocycles. The van der Waals surface area contributed by atoms with Gasteiger partial charge in [0.05, 0.1) is 11.4 Å². The molecule has 1 aromatic carbocycles. The minimum absolute atomic E-state index is 0.103. The summed E-state index contributed by atoms with van der Waals surface area (Å²) in [6.07, 6.45) is 5.10. The Hall–Kier alpha value is -3.49. The number of amides is 1. The number of fused-ring (bicyclic) bond motifs is 2. The van der Waals surface area contributed by atoms with Gasteiger partial charge < -0.3 is 9.47 Å². The molecular weight excluding hydrogens is 486 g/mol. The van der Waals surface area contributed by atoms with Crippen molar-refractivity contribution in [1.29, 1.82) is 0 Å². The summed E-state index contributed by atoms with van der Waals surface area (Å²) in [5, 5.41) is 9.19. The number of aromatic nitrogens is 5. The van der Waals surface area contributed by atoms with Crippen molar-refractivity contribution in [2.75, 3.05) is 25.0 Å². The van der Waals surface area contributed by atoms with E-state index in [1.165, 1.54) is 5.57 Å². The Morgan fingerprint density at radius 3 is 2.54 bits per heavy atom.